The summed E-state index contributed by atoms with van der Waals surface area (Å²) >= 11 is 13.4. The van der Waals surface area contributed by atoms with Crippen molar-refractivity contribution < 1.29 is 0 Å². The molecular weight excluding hydrogens is 293 g/mol. The highest BCUT2D eigenvalue weighted by atomic mass is 35.5. The molecule has 0 bridgehead atoms. The molecule has 8 heteroatoms. The second-order valence-electron chi connectivity index (χ2n) is 3.77. The Morgan fingerprint density at radius 3 is 2.56 bits per heavy atom. The maximum atomic E-state index is 6.23. The summed E-state index contributed by atoms with van der Waals surface area (Å²) in [6.07, 6.45) is 0. The molecule has 1 aromatic heterocycles. The topological polar surface area (TPSA) is 68.6 Å². The molecule has 0 unspecified atom stereocenters. The molecule has 1 aliphatic heterocycles. The molecule has 0 aliphatic carbocycles. The summed E-state index contributed by atoms with van der Waals surface area (Å²) in [4.78, 5) is 0. The summed E-state index contributed by atoms with van der Waals surface area (Å²) in [5, 5.41) is 5.15. The van der Waals surface area contributed by atoms with Crippen molar-refractivity contribution in [2.24, 2.45) is 8.73 Å². The summed E-state index contributed by atoms with van der Waals surface area (Å²) < 4.78 is 10.0. The van der Waals surface area contributed by atoms with Gasteiger partial charge in [-0.3, -0.25) is 0 Å². The molecule has 0 amide bonds. The number of hydrogen-bond acceptors (Lipinski definition) is 4. The smallest absolute Gasteiger partial charge is 0.146 e. The fourth-order valence-corrected chi connectivity index (χ4v) is 2.98. The highest BCUT2D eigenvalue weighted by Crippen LogP contribution is 2.46. The lowest BCUT2D eigenvalue weighted by Gasteiger charge is -2.10. The number of nitrogens with two attached hydrogens (primary N) is 1. The Labute approximate surface area is 116 Å². The second-order valence-corrected chi connectivity index (χ2v) is 5.12. The van der Waals surface area contributed by atoms with Gasteiger partial charge < -0.3 is 5.73 Å². The van der Waals surface area contributed by atoms with E-state index >= 15 is 0 Å². The Balaban J connectivity index is 2.35. The van der Waals surface area contributed by atoms with Crippen molar-refractivity contribution in [1.82, 2.24) is 9.78 Å². The number of aromatic nitrogens is 2. The summed E-state index contributed by atoms with van der Waals surface area (Å²) in [6, 6.07) is 3.40. The van der Waals surface area contributed by atoms with Gasteiger partial charge in [-0.1, -0.05) is 23.2 Å². The van der Waals surface area contributed by atoms with Crippen LogP contribution in [0.4, 0.5) is 17.2 Å². The zero-order chi connectivity index (χ0) is 12.9. The van der Waals surface area contributed by atoms with Gasteiger partial charge in [0.1, 0.15) is 22.9 Å². The zero-order valence-electron chi connectivity index (χ0n) is 9.19. The van der Waals surface area contributed by atoms with Crippen LogP contribution in [0.15, 0.2) is 20.9 Å². The Hall–Kier alpha value is -1.37. The number of fused-ring (bicyclic) bond motifs is 1. The SMILES string of the molecule is Cc1cc(N)nn1-c1c(Cl)cc(Cl)c2c1N=S=N2. The van der Waals surface area contributed by atoms with Crippen molar-refractivity contribution in [3.63, 3.8) is 0 Å². The van der Waals surface area contributed by atoms with E-state index in [-0.39, 0.29) is 0 Å². The first-order valence-electron chi connectivity index (χ1n) is 5.00. The highest BCUT2D eigenvalue weighted by molar-refractivity contribution is 7.58. The van der Waals surface area contributed by atoms with E-state index in [1.807, 2.05) is 6.92 Å². The molecular formula is C10H7Cl2N5S. The zero-order valence-corrected chi connectivity index (χ0v) is 11.5. The van der Waals surface area contributed by atoms with Crippen molar-refractivity contribution in [2.45, 2.75) is 6.92 Å². The number of benzene rings is 1. The molecule has 1 aliphatic rings. The quantitative estimate of drug-likeness (QED) is 0.742. The number of anilines is 1. The molecule has 18 heavy (non-hydrogen) atoms. The van der Waals surface area contributed by atoms with Gasteiger partial charge in [0, 0.05) is 11.8 Å². The van der Waals surface area contributed by atoms with E-state index in [0.717, 1.165) is 17.0 Å². The molecule has 0 saturated carbocycles. The first-order valence-corrected chi connectivity index (χ1v) is 6.49. The number of aryl methyl sites for hydroxylation is 1. The van der Waals surface area contributed by atoms with Gasteiger partial charge in [-0.05, 0) is 13.0 Å². The standard InChI is InChI=1S/C10H7Cl2N5S/c1-4-2-7(13)14-17(4)10-6(12)3-5(11)8-9(10)16-18-15-8/h2-3H,1H3,(H2,13,14). The fraction of sp³-hybridized carbons (Fsp3) is 0.100. The van der Waals surface area contributed by atoms with E-state index in [2.05, 4.69) is 13.8 Å². The van der Waals surface area contributed by atoms with Gasteiger partial charge in [-0.25, -0.2) is 4.68 Å². The molecule has 1 aromatic carbocycles. The molecule has 2 N–H and O–H groups in total. The van der Waals surface area contributed by atoms with Crippen molar-refractivity contribution in [2.75, 3.05) is 5.73 Å². The Bertz CT molecular complexity index is 730. The van der Waals surface area contributed by atoms with Gasteiger partial charge in [-0.2, -0.15) is 13.8 Å². The summed E-state index contributed by atoms with van der Waals surface area (Å²) in [6.45, 7) is 1.89. The van der Waals surface area contributed by atoms with Crippen LogP contribution in [-0.4, -0.2) is 9.78 Å². The lowest BCUT2D eigenvalue weighted by atomic mass is 10.2. The average molecular weight is 300 g/mol. The third-order valence-electron chi connectivity index (χ3n) is 2.54. The number of halogens is 2. The van der Waals surface area contributed by atoms with Crippen molar-refractivity contribution in [3.05, 3.63) is 27.9 Å². The lowest BCUT2D eigenvalue weighted by Crippen LogP contribution is -2.01. The molecule has 3 rings (SSSR count). The van der Waals surface area contributed by atoms with E-state index in [0.29, 0.717) is 32.9 Å². The summed E-state index contributed by atoms with van der Waals surface area (Å²) in [5.74, 6) is 0.426. The van der Waals surface area contributed by atoms with Crippen LogP contribution >= 0.6 is 23.2 Å². The highest BCUT2D eigenvalue weighted by Gasteiger charge is 2.21. The average Bonchev–Trinajstić information content (AvgIpc) is 2.87. The van der Waals surface area contributed by atoms with E-state index < -0.39 is 0 Å². The van der Waals surface area contributed by atoms with Gasteiger partial charge in [-0.15, -0.1) is 0 Å². The minimum Gasteiger partial charge on any atom is -0.382 e. The van der Waals surface area contributed by atoms with Crippen LogP contribution in [0.1, 0.15) is 5.69 Å². The first kappa shape index (κ1) is 11.7. The Kier molecular flexibility index (Phi) is 2.65. The first-order chi connectivity index (χ1) is 8.58. The molecule has 0 atom stereocenters. The molecule has 2 aromatic rings. The summed E-state index contributed by atoms with van der Waals surface area (Å²) in [7, 11) is 0. The van der Waals surface area contributed by atoms with Crippen LogP contribution in [-0.2, 0) is 11.4 Å². The predicted octanol–water partition coefficient (Wildman–Crippen LogP) is 3.80. The van der Waals surface area contributed by atoms with Crippen LogP contribution < -0.4 is 5.73 Å². The Morgan fingerprint density at radius 2 is 1.89 bits per heavy atom. The van der Waals surface area contributed by atoms with Crippen molar-refractivity contribution in [3.8, 4) is 5.69 Å². The van der Waals surface area contributed by atoms with Crippen molar-refractivity contribution >= 4 is 51.7 Å². The van der Waals surface area contributed by atoms with Crippen LogP contribution in [0, 0.1) is 6.92 Å². The van der Waals surface area contributed by atoms with Crippen LogP contribution in [0.25, 0.3) is 5.69 Å². The normalized spacial score (nSPS) is 12.6. The molecule has 0 spiro atoms. The van der Waals surface area contributed by atoms with Gasteiger partial charge in [0.2, 0.25) is 0 Å². The third-order valence-corrected chi connectivity index (χ3v) is 3.64. The largest absolute Gasteiger partial charge is 0.382 e. The maximum Gasteiger partial charge on any atom is 0.146 e. The van der Waals surface area contributed by atoms with Crippen molar-refractivity contribution in [1.29, 1.82) is 0 Å². The van der Waals surface area contributed by atoms with E-state index in [1.165, 1.54) is 0 Å². The maximum absolute atomic E-state index is 6.23. The number of rotatable bonds is 1. The van der Waals surface area contributed by atoms with E-state index in [4.69, 9.17) is 28.9 Å². The fourth-order valence-electron chi connectivity index (χ4n) is 1.79. The summed E-state index contributed by atoms with van der Waals surface area (Å²) in [5.41, 5.74) is 8.45. The third kappa shape index (κ3) is 1.65. The van der Waals surface area contributed by atoms with E-state index in [9.17, 15) is 0 Å². The van der Waals surface area contributed by atoms with Crippen LogP contribution in [0.3, 0.4) is 0 Å². The number of nitrogens with zero attached hydrogens (tertiary/aromatic N) is 4. The molecule has 92 valence electrons. The minimum absolute atomic E-state index is 0.426. The number of hydrogen-bond donors (Lipinski definition) is 1. The van der Waals surface area contributed by atoms with Crippen LogP contribution in [0.5, 0.6) is 0 Å². The van der Waals surface area contributed by atoms with Gasteiger partial charge >= 0.3 is 0 Å². The number of nitrogen functional groups attached to an aromatic ring is 1. The molecule has 0 fully saturated rings. The molecule has 0 saturated heterocycles. The Morgan fingerprint density at radius 1 is 1.17 bits per heavy atom. The monoisotopic (exact) mass is 299 g/mol. The second kappa shape index (κ2) is 4.08. The minimum atomic E-state index is 0.426. The predicted molar refractivity (Wildman–Crippen MR) is 74.3 cm³/mol. The van der Waals surface area contributed by atoms with E-state index in [1.54, 1.807) is 16.8 Å². The van der Waals surface area contributed by atoms with Crippen LogP contribution in [0.2, 0.25) is 10.0 Å². The molecule has 5 nitrogen and oxygen atoms in total. The van der Waals surface area contributed by atoms with Gasteiger partial charge in [0.25, 0.3) is 0 Å². The lowest BCUT2D eigenvalue weighted by molar-refractivity contribution is 0.852. The van der Waals surface area contributed by atoms with Gasteiger partial charge in [0.05, 0.1) is 21.4 Å². The van der Waals surface area contributed by atoms with Gasteiger partial charge in [0.15, 0.2) is 0 Å². The molecule has 2 heterocycles. The molecule has 0 radical (unpaired) electrons.